The van der Waals surface area contributed by atoms with Gasteiger partial charge < -0.3 is 9.42 Å². The quantitative estimate of drug-likeness (QED) is 0.293. The molecule has 10 heteroatoms. The van der Waals surface area contributed by atoms with Gasteiger partial charge in [-0.15, -0.1) is 0 Å². The Bertz CT molecular complexity index is 1680. The molecule has 3 aromatic rings. The van der Waals surface area contributed by atoms with Crippen LogP contribution in [0.15, 0.2) is 53.1 Å². The second kappa shape index (κ2) is 9.61. The van der Waals surface area contributed by atoms with Gasteiger partial charge in [0, 0.05) is 28.7 Å². The zero-order valence-electron chi connectivity index (χ0n) is 26.0. The van der Waals surface area contributed by atoms with Crippen LogP contribution in [-0.2, 0) is 25.6 Å². The maximum absolute atomic E-state index is 14.6. The Labute approximate surface area is 258 Å². The molecule has 0 spiro atoms. The number of sulfonamides is 1. The molecule has 2 aromatic carbocycles. The Morgan fingerprint density at radius 1 is 0.977 bits per heavy atom. The van der Waals surface area contributed by atoms with Crippen molar-refractivity contribution in [3.8, 4) is 11.1 Å². The number of fused-ring (bicyclic) bond motifs is 3. The topological polar surface area (TPSA) is 105 Å². The molecule has 1 heterocycles. The number of aromatic nitrogens is 2. The molecule has 0 unspecified atom stereocenters. The fraction of sp³-hybridized carbons (Fsp3) is 0.559. The summed E-state index contributed by atoms with van der Waals surface area (Å²) >= 11 is 0. The van der Waals surface area contributed by atoms with E-state index in [1.54, 1.807) is 12.1 Å². The SMILES string of the molecule is CC(C)(C)c1noc(C23CCC(CN(C(=O)C45CC(F)(C4)C5)c4cccc(-c5ccc(NS(C)(=O)=O)cc5)c4)(CC2)CC3)n1. The van der Waals surface area contributed by atoms with Gasteiger partial charge in [-0.2, -0.15) is 4.98 Å². The molecule has 0 atom stereocenters. The van der Waals surface area contributed by atoms with E-state index in [1.807, 2.05) is 41.3 Å². The average molecular weight is 621 g/mol. The number of carbonyl (C=O) groups is 1. The number of alkyl halides is 1. The smallest absolute Gasteiger partial charge is 0.233 e. The van der Waals surface area contributed by atoms with Crippen LogP contribution in [0.25, 0.3) is 11.1 Å². The summed E-state index contributed by atoms with van der Waals surface area (Å²) in [6.45, 7) is 6.89. The van der Waals surface area contributed by atoms with Crippen LogP contribution >= 0.6 is 0 Å². The summed E-state index contributed by atoms with van der Waals surface area (Å²) in [5.74, 6) is 1.55. The van der Waals surface area contributed by atoms with Crippen molar-refractivity contribution in [2.24, 2.45) is 10.8 Å². The van der Waals surface area contributed by atoms with Crippen molar-refractivity contribution in [3.05, 3.63) is 60.2 Å². The van der Waals surface area contributed by atoms with Gasteiger partial charge >= 0.3 is 0 Å². The predicted molar refractivity (Wildman–Crippen MR) is 168 cm³/mol. The summed E-state index contributed by atoms with van der Waals surface area (Å²) in [5, 5.41) is 4.31. The van der Waals surface area contributed by atoms with Gasteiger partial charge in [0.05, 0.1) is 11.7 Å². The van der Waals surface area contributed by atoms with Gasteiger partial charge in [0.1, 0.15) is 5.67 Å². The predicted octanol–water partition coefficient (Wildman–Crippen LogP) is 6.92. The number of nitrogens with zero attached hydrogens (tertiary/aromatic N) is 3. The molecule has 6 aliphatic carbocycles. The summed E-state index contributed by atoms with van der Waals surface area (Å²) in [6, 6.07) is 15.2. The lowest BCUT2D eigenvalue weighted by atomic mass is 9.41. The van der Waals surface area contributed by atoms with Gasteiger partial charge in [-0.05, 0) is 98.6 Å². The van der Waals surface area contributed by atoms with Crippen LogP contribution in [0.3, 0.4) is 0 Å². The molecular formula is C34H41FN4O4S. The first-order valence-electron chi connectivity index (χ1n) is 15.6. The number of hydrogen-bond donors (Lipinski definition) is 1. The van der Waals surface area contributed by atoms with Crippen molar-refractivity contribution in [1.29, 1.82) is 0 Å². The van der Waals surface area contributed by atoms with Gasteiger partial charge in [0.15, 0.2) is 5.82 Å². The van der Waals surface area contributed by atoms with E-state index < -0.39 is 21.1 Å². The molecular weight excluding hydrogens is 579 g/mol. The molecule has 234 valence electrons. The third-order valence-electron chi connectivity index (χ3n) is 10.8. The number of amides is 1. The van der Waals surface area contributed by atoms with Gasteiger partial charge in [0.25, 0.3) is 0 Å². The molecule has 1 aromatic heterocycles. The minimum atomic E-state index is -3.37. The Balaban J connectivity index is 1.14. The number of hydrogen-bond acceptors (Lipinski definition) is 6. The summed E-state index contributed by atoms with van der Waals surface area (Å²) in [7, 11) is -3.37. The largest absolute Gasteiger partial charge is 0.339 e. The Morgan fingerprint density at radius 3 is 2.16 bits per heavy atom. The zero-order valence-corrected chi connectivity index (χ0v) is 26.8. The highest BCUT2D eigenvalue weighted by Crippen LogP contribution is 2.70. The van der Waals surface area contributed by atoms with Crippen LogP contribution in [-0.4, -0.2) is 42.9 Å². The van der Waals surface area contributed by atoms with Gasteiger partial charge in [-0.1, -0.05) is 50.2 Å². The maximum atomic E-state index is 14.6. The van der Waals surface area contributed by atoms with E-state index in [1.165, 1.54) is 0 Å². The zero-order chi connectivity index (χ0) is 31.2. The molecule has 8 nitrogen and oxygen atoms in total. The normalized spacial score (nSPS) is 30.8. The van der Waals surface area contributed by atoms with Crippen molar-refractivity contribution < 1.29 is 22.1 Å². The lowest BCUT2D eigenvalue weighted by Crippen LogP contribution is -2.71. The summed E-state index contributed by atoms with van der Waals surface area (Å²) in [6.07, 6.45) is 7.87. The number of rotatable bonds is 8. The molecule has 6 fully saturated rings. The van der Waals surface area contributed by atoms with E-state index in [0.29, 0.717) is 31.5 Å². The average Bonchev–Trinajstić information content (AvgIpc) is 3.47. The lowest BCUT2D eigenvalue weighted by Gasteiger charge is -2.65. The summed E-state index contributed by atoms with van der Waals surface area (Å²) in [5.41, 5.74) is 1.14. The molecule has 6 saturated carbocycles. The molecule has 4 bridgehead atoms. The Morgan fingerprint density at radius 2 is 1.61 bits per heavy atom. The van der Waals surface area contributed by atoms with E-state index in [9.17, 15) is 17.6 Å². The van der Waals surface area contributed by atoms with Crippen LogP contribution in [0, 0.1) is 10.8 Å². The van der Waals surface area contributed by atoms with E-state index in [2.05, 4.69) is 30.6 Å². The van der Waals surface area contributed by atoms with E-state index >= 15 is 0 Å². The number of halogens is 1. The third kappa shape index (κ3) is 5.03. The Kier molecular flexibility index (Phi) is 6.43. The number of nitrogens with one attached hydrogen (secondary N) is 1. The third-order valence-corrected chi connectivity index (χ3v) is 11.4. The van der Waals surface area contributed by atoms with Crippen LogP contribution < -0.4 is 9.62 Å². The van der Waals surface area contributed by atoms with Gasteiger partial charge in [-0.3, -0.25) is 9.52 Å². The lowest BCUT2D eigenvalue weighted by molar-refractivity contribution is -0.211. The second-order valence-corrected chi connectivity index (χ2v) is 17.1. The first-order valence-corrected chi connectivity index (χ1v) is 17.5. The molecule has 0 aliphatic heterocycles. The minimum absolute atomic E-state index is 0.0177. The number of benzene rings is 2. The monoisotopic (exact) mass is 620 g/mol. The maximum Gasteiger partial charge on any atom is 0.233 e. The highest BCUT2D eigenvalue weighted by Gasteiger charge is 2.73. The van der Waals surface area contributed by atoms with Gasteiger partial charge in [0.2, 0.25) is 21.8 Å². The molecule has 0 radical (unpaired) electrons. The standard InChI is InChI=1S/C34H41FN4O4S/c1-30(2,3)27-36-28(43-37-27)32-15-12-31(13-16-32,14-17-32)22-39(29(40)33-19-34(35,20-33)21-33)26-7-5-6-24(18-26)23-8-10-25(11-9-23)38-44(4,41)42/h5-11,18,38H,12-17,19-22H2,1-4H3. The van der Waals surface area contributed by atoms with Crippen LogP contribution in [0.5, 0.6) is 0 Å². The fourth-order valence-corrected chi connectivity index (χ4v) is 8.72. The molecule has 0 saturated heterocycles. The van der Waals surface area contributed by atoms with Gasteiger partial charge in [-0.25, -0.2) is 12.8 Å². The number of carbonyl (C=O) groups excluding carboxylic acids is 1. The molecule has 1 N–H and O–H groups in total. The summed E-state index contributed by atoms with van der Waals surface area (Å²) < 4.78 is 46.2. The van der Waals surface area contributed by atoms with Crippen LogP contribution in [0.1, 0.15) is 90.3 Å². The van der Waals surface area contributed by atoms with Crippen molar-refractivity contribution in [2.45, 2.75) is 95.1 Å². The highest BCUT2D eigenvalue weighted by molar-refractivity contribution is 7.92. The van der Waals surface area contributed by atoms with Crippen molar-refractivity contribution in [3.63, 3.8) is 0 Å². The van der Waals surface area contributed by atoms with Crippen LogP contribution in [0.2, 0.25) is 0 Å². The van der Waals surface area contributed by atoms with Crippen molar-refractivity contribution in [2.75, 3.05) is 22.4 Å². The van der Waals surface area contributed by atoms with E-state index in [0.717, 1.165) is 73.3 Å². The number of anilines is 2. The second-order valence-electron chi connectivity index (χ2n) is 15.3. The molecule has 44 heavy (non-hydrogen) atoms. The van der Waals surface area contributed by atoms with E-state index in [4.69, 9.17) is 9.51 Å². The summed E-state index contributed by atoms with van der Waals surface area (Å²) in [4.78, 5) is 21.0. The van der Waals surface area contributed by atoms with Crippen molar-refractivity contribution in [1.82, 2.24) is 10.1 Å². The highest BCUT2D eigenvalue weighted by atomic mass is 32.2. The first kappa shape index (κ1) is 29.4. The van der Waals surface area contributed by atoms with E-state index in [-0.39, 0.29) is 22.2 Å². The fourth-order valence-electron chi connectivity index (χ4n) is 8.16. The van der Waals surface area contributed by atoms with Crippen LogP contribution in [0.4, 0.5) is 15.8 Å². The first-order chi connectivity index (χ1) is 20.6. The molecule has 9 rings (SSSR count). The molecule has 1 amide bonds. The Hall–Kier alpha value is -3.27. The minimum Gasteiger partial charge on any atom is -0.339 e. The molecule has 6 aliphatic rings. The van der Waals surface area contributed by atoms with Crippen molar-refractivity contribution >= 4 is 27.3 Å².